The minimum absolute atomic E-state index is 0.00611. The Morgan fingerprint density at radius 2 is 1.90 bits per heavy atom. The molecule has 1 aromatic rings. The Bertz CT molecular complexity index is 507. The first kappa shape index (κ1) is 15.0. The standard InChI is InChI=1S/C16H22N2OS/c1-2-12-7-3-4-8-13(12)11-18-15(19)16(14(17)20)9-5-6-10-16/h3-4,7-8H,2,5-6,9-11H2,1H3,(H2,17,20)(H,18,19). The van der Waals surface area contributed by atoms with Gasteiger partial charge in [-0.25, -0.2) is 0 Å². The third-order valence-electron chi connectivity index (χ3n) is 4.30. The molecule has 0 bridgehead atoms. The third kappa shape index (κ3) is 2.85. The number of aryl methyl sites for hydroxylation is 1. The topological polar surface area (TPSA) is 55.1 Å². The quantitative estimate of drug-likeness (QED) is 0.820. The van der Waals surface area contributed by atoms with Crippen LogP contribution in [0.2, 0.25) is 0 Å². The molecule has 20 heavy (non-hydrogen) atoms. The Morgan fingerprint density at radius 3 is 2.45 bits per heavy atom. The lowest BCUT2D eigenvalue weighted by Gasteiger charge is -2.26. The van der Waals surface area contributed by atoms with Gasteiger partial charge in [0, 0.05) is 6.54 Å². The summed E-state index contributed by atoms with van der Waals surface area (Å²) in [7, 11) is 0. The van der Waals surface area contributed by atoms with Crippen molar-refractivity contribution < 1.29 is 4.79 Å². The first-order valence-electron chi connectivity index (χ1n) is 7.25. The maximum Gasteiger partial charge on any atom is 0.233 e. The van der Waals surface area contributed by atoms with E-state index in [9.17, 15) is 4.79 Å². The van der Waals surface area contributed by atoms with Gasteiger partial charge in [-0.3, -0.25) is 4.79 Å². The summed E-state index contributed by atoms with van der Waals surface area (Å²) in [5.74, 6) is -0.00611. The molecular formula is C16H22N2OS. The van der Waals surface area contributed by atoms with E-state index in [1.54, 1.807) is 0 Å². The summed E-state index contributed by atoms with van der Waals surface area (Å²) in [4.78, 5) is 12.8. The number of thiocarbonyl (C=S) groups is 1. The van der Waals surface area contributed by atoms with E-state index in [1.165, 1.54) is 11.1 Å². The van der Waals surface area contributed by atoms with Crippen LogP contribution in [0.3, 0.4) is 0 Å². The number of hydrogen-bond donors (Lipinski definition) is 2. The van der Waals surface area contributed by atoms with Crippen LogP contribution >= 0.6 is 12.2 Å². The number of carbonyl (C=O) groups excluding carboxylic acids is 1. The van der Waals surface area contributed by atoms with Crippen molar-refractivity contribution in [1.82, 2.24) is 5.32 Å². The van der Waals surface area contributed by atoms with Gasteiger partial charge < -0.3 is 11.1 Å². The zero-order valence-electron chi connectivity index (χ0n) is 11.9. The molecule has 0 unspecified atom stereocenters. The maximum atomic E-state index is 12.5. The van der Waals surface area contributed by atoms with E-state index in [2.05, 4.69) is 24.4 Å². The second-order valence-corrected chi connectivity index (χ2v) is 5.90. The molecule has 2 rings (SSSR count). The molecule has 108 valence electrons. The third-order valence-corrected chi connectivity index (χ3v) is 4.69. The summed E-state index contributed by atoms with van der Waals surface area (Å²) >= 11 is 5.14. The molecule has 0 aromatic heterocycles. The molecule has 0 aliphatic heterocycles. The van der Waals surface area contributed by atoms with E-state index in [-0.39, 0.29) is 5.91 Å². The van der Waals surface area contributed by atoms with E-state index in [0.717, 1.165) is 32.1 Å². The van der Waals surface area contributed by atoms with Crippen molar-refractivity contribution >= 4 is 23.1 Å². The Balaban J connectivity index is 2.06. The summed E-state index contributed by atoms with van der Waals surface area (Å²) in [5, 5.41) is 3.03. The van der Waals surface area contributed by atoms with Crippen LogP contribution in [-0.2, 0) is 17.8 Å². The molecule has 0 saturated heterocycles. The predicted octanol–water partition coefficient (Wildman–Crippen LogP) is 2.71. The van der Waals surface area contributed by atoms with Crippen LogP contribution in [0.5, 0.6) is 0 Å². The van der Waals surface area contributed by atoms with Crippen LogP contribution in [0.25, 0.3) is 0 Å². The number of hydrogen-bond acceptors (Lipinski definition) is 2. The molecule has 1 aliphatic rings. The first-order chi connectivity index (χ1) is 9.60. The van der Waals surface area contributed by atoms with Crippen LogP contribution in [0.15, 0.2) is 24.3 Å². The van der Waals surface area contributed by atoms with Crippen LogP contribution in [0, 0.1) is 5.41 Å². The fourth-order valence-corrected chi connectivity index (χ4v) is 3.28. The Hall–Kier alpha value is -1.42. The van der Waals surface area contributed by atoms with Gasteiger partial charge in [0.05, 0.1) is 10.4 Å². The number of nitrogens with two attached hydrogens (primary N) is 1. The number of nitrogens with one attached hydrogen (secondary N) is 1. The van der Waals surface area contributed by atoms with Crippen LogP contribution in [0.4, 0.5) is 0 Å². The largest absolute Gasteiger partial charge is 0.392 e. The maximum absolute atomic E-state index is 12.5. The lowest BCUT2D eigenvalue weighted by molar-refractivity contribution is -0.127. The Labute approximate surface area is 125 Å². The minimum atomic E-state index is -0.615. The van der Waals surface area contributed by atoms with Gasteiger partial charge in [0.25, 0.3) is 0 Å². The van der Waals surface area contributed by atoms with Gasteiger partial charge in [-0.1, -0.05) is 56.2 Å². The van der Waals surface area contributed by atoms with Gasteiger partial charge in [-0.15, -0.1) is 0 Å². The normalized spacial score (nSPS) is 16.9. The molecule has 1 aliphatic carbocycles. The number of amides is 1. The molecule has 0 atom stereocenters. The highest BCUT2D eigenvalue weighted by Gasteiger charge is 2.43. The summed E-state index contributed by atoms with van der Waals surface area (Å²) in [6.45, 7) is 2.67. The SMILES string of the molecule is CCc1ccccc1CNC(=O)C1(C(N)=S)CCCC1. The number of benzene rings is 1. The van der Waals surface area contributed by atoms with Gasteiger partial charge >= 0.3 is 0 Å². The van der Waals surface area contributed by atoms with E-state index in [4.69, 9.17) is 18.0 Å². The lowest BCUT2D eigenvalue weighted by atomic mass is 9.85. The molecule has 0 heterocycles. The minimum Gasteiger partial charge on any atom is -0.392 e. The zero-order chi connectivity index (χ0) is 14.6. The van der Waals surface area contributed by atoms with Crippen molar-refractivity contribution in [2.24, 2.45) is 11.1 Å². The average Bonchev–Trinajstić information content (AvgIpc) is 2.96. The molecule has 1 saturated carbocycles. The smallest absolute Gasteiger partial charge is 0.233 e. The van der Waals surface area contributed by atoms with Crippen molar-refractivity contribution in [3.8, 4) is 0 Å². The van der Waals surface area contributed by atoms with Crippen LogP contribution in [0.1, 0.15) is 43.7 Å². The fourth-order valence-electron chi connectivity index (χ4n) is 2.98. The van der Waals surface area contributed by atoms with E-state index in [1.807, 2.05) is 12.1 Å². The summed E-state index contributed by atoms with van der Waals surface area (Å²) in [5.41, 5.74) is 7.65. The van der Waals surface area contributed by atoms with Crippen molar-refractivity contribution in [3.05, 3.63) is 35.4 Å². The van der Waals surface area contributed by atoms with E-state index >= 15 is 0 Å². The van der Waals surface area contributed by atoms with Crippen molar-refractivity contribution in [3.63, 3.8) is 0 Å². The Kier molecular flexibility index (Phi) is 4.76. The molecule has 3 N–H and O–H groups in total. The highest BCUT2D eigenvalue weighted by Crippen LogP contribution is 2.38. The average molecular weight is 290 g/mol. The van der Waals surface area contributed by atoms with Gasteiger partial charge in [0.15, 0.2) is 0 Å². The molecule has 1 aromatic carbocycles. The van der Waals surface area contributed by atoms with Crippen molar-refractivity contribution in [2.75, 3.05) is 0 Å². The monoisotopic (exact) mass is 290 g/mol. The summed E-state index contributed by atoms with van der Waals surface area (Å²) < 4.78 is 0. The molecule has 1 fully saturated rings. The van der Waals surface area contributed by atoms with Gasteiger partial charge in [-0.05, 0) is 30.4 Å². The molecule has 0 spiro atoms. The molecule has 0 radical (unpaired) electrons. The molecular weight excluding hydrogens is 268 g/mol. The number of carbonyl (C=O) groups is 1. The van der Waals surface area contributed by atoms with Crippen molar-refractivity contribution in [2.45, 2.75) is 45.6 Å². The van der Waals surface area contributed by atoms with Crippen molar-refractivity contribution in [1.29, 1.82) is 0 Å². The molecule has 3 nitrogen and oxygen atoms in total. The summed E-state index contributed by atoms with van der Waals surface area (Å²) in [6, 6.07) is 8.18. The highest BCUT2D eigenvalue weighted by atomic mass is 32.1. The highest BCUT2D eigenvalue weighted by molar-refractivity contribution is 7.80. The van der Waals surface area contributed by atoms with Gasteiger partial charge in [0.2, 0.25) is 5.91 Å². The van der Waals surface area contributed by atoms with Gasteiger partial charge in [0.1, 0.15) is 0 Å². The van der Waals surface area contributed by atoms with Crippen LogP contribution < -0.4 is 11.1 Å². The fraction of sp³-hybridized carbons (Fsp3) is 0.500. The van der Waals surface area contributed by atoms with Gasteiger partial charge in [-0.2, -0.15) is 0 Å². The second-order valence-electron chi connectivity index (χ2n) is 5.46. The molecule has 1 amide bonds. The predicted molar refractivity (Wildman–Crippen MR) is 85.4 cm³/mol. The zero-order valence-corrected chi connectivity index (χ0v) is 12.8. The van der Waals surface area contributed by atoms with E-state index < -0.39 is 5.41 Å². The lowest BCUT2D eigenvalue weighted by Crippen LogP contribution is -2.47. The Morgan fingerprint density at radius 1 is 1.30 bits per heavy atom. The summed E-state index contributed by atoms with van der Waals surface area (Å²) in [6.07, 6.45) is 4.58. The second kappa shape index (κ2) is 6.35. The van der Waals surface area contributed by atoms with E-state index in [0.29, 0.717) is 11.5 Å². The molecule has 4 heteroatoms. The number of rotatable bonds is 5. The van der Waals surface area contributed by atoms with Crippen LogP contribution in [-0.4, -0.2) is 10.9 Å². The first-order valence-corrected chi connectivity index (χ1v) is 7.66.